The van der Waals surface area contributed by atoms with Gasteiger partial charge in [-0.3, -0.25) is 4.79 Å². The van der Waals surface area contributed by atoms with Crippen molar-refractivity contribution in [1.82, 2.24) is 10.2 Å². The molecule has 8 heteroatoms. The van der Waals surface area contributed by atoms with Crippen LogP contribution in [0.4, 0.5) is 4.79 Å². The second kappa shape index (κ2) is 6.74. The van der Waals surface area contributed by atoms with Gasteiger partial charge in [-0.2, -0.15) is 11.3 Å². The van der Waals surface area contributed by atoms with E-state index in [1.54, 1.807) is 0 Å². The van der Waals surface area contributed by atoms with E-state index in [0.29, 0.717) is 6.54 Å². The summed E-state index contributed by atoms with van der Waals surface area (Å²) in [6.07, 6.45) is -0.659. The molecule has 0 aliphatic rings. The van der Waals surface area contributed by atoms with Crippen LogP contribution >= 0.6 is 11.3 Å². The van der Waals surface area contributed by atoms with Crippen molar-refractivity contribution in [1.29, 1.82) is 0 Å². The van der Waals surface area contributed by atoms with Crippen LogP contribution in [0, 0.1) is 0 Å². The molecule has 1 atom stereocenters. The van der Waals surface area contributed by atoms with Crippen molar-refractivity contribution < 1.29 is 24.6 Å². The quantitative estimate of drug-likeness (QED) is 0.717. The number of hydrogen-bond acceptors (Lipinski definition) is 4. The van der Waals surface area contributed by atoms with E-state index in [0.717, 1.165) is 5.56 Å². The maximum atomic E-state index is 11.7. The van der Waals surface area contributed by atoms with Crippen LogP contribution < -0.4 is 5.32 Å². The Bertz CT molecular complexity index is 460. The normalized spacial score (nSPS) is 11.6. The van der Waals surface area contributed by atoms with E-state index < -0.39 is 30.4 Å². The molecular weight excluding hydrogens is 272 g/mol. The summed E-state index contributed by atoms with van der Waals surface area (Å²) in [6.45, 7) is 0.328. The van der Waals surface area contributed by atoms with Crippen LogP contribution in [0.15, 0.2) is 16.8 Å². The first-order valence-electron chi connectivity index (χ1n) is 5.37. The summed E-state index contributed by atoms with van der Waals surface area (Å²) in [7, 11) is 1.51. The number of hydrogen-bond donors (Lipinski definition) is 3. The molecule has 0 saturated carbocycles. The number of rotatable bonds is 6. The molecular formula is C11H14N2O5S. The van der Waals surface area contributed by atoms with Gasteiger partial charge >= 0.3 is 18.0 Å². The van der Waals surface area contributed by atoms with Gasteiger partial charge < -0.3 is 20.4 Å². The lowest BCUT2D eigenvalue weighted by Crippen LogP contribution is -2.47. The molecule has 7 nitrogen and oxygen atoms in total. The molecule has 19 heavy (non-hydrogen) atoms. The minimum absolute atomic E-state index is 0.328. The molecule has 1 heterocycles. The van der Waals surface area contributed by atoms with Crippen LogP contribution in [-0.2, 0) is 16.1 Å². The van der Waals surface area contributed by atoms with E-state index in [1.807, 2.05) is 16.8 Å². The molecule has 3 N–H and O–H groups in total. The Morgan fingerprint density at radius 3 is 2.58 bits per heavy atom. The lowest BCUT2D eigenvalue weighted by Gasteiger charge is -2.20. The lowest BCUT2D eigenvalue weighted by atomic mass is 10.2. The summed E-state index contributed by atoms with van der Waals surface area (Å²) in [5.74, 6) is -2.66. The standard InChI is InChI=1S/C11H14N2O5S/c1-13(5-7-2-3-19-6-7)11(18)12-8(10(16)17)4-9(14)15/h2-3,6,8H,4-5H2,1H3,(H,12,18)(H,14,15)(H,16,17)/t8-/m1/s1. The van der Waals surface area contributed by atoms with Crippen LogP contribution in [0.3, 0.4) is 0 Å². The van der Waals surface area contributed by atoms with Gasteiger partial charge in [0.1, 0.15) is 6.04 Å². The lowest BCUT2D eigenvalue weighted by molar-refractivity contribution is -0.145. The van der Waals surface area contributed by atoms with Crippen LogP contribution in [0.1, 0.15) is 12.0 Å². The molecule has 0 aromatic carbocycles. The van der Waals surface area contributed by atoms with Gasteiger partial charge in [-0.05, 0) is 22.4 Å². The van der Waals surface area contributed by atoms with E-state index in [-0.39, 0.29) is 0 Å². The highest BCUT2D eigenvalue weighted by molar-refractivity contribution is 7.07. The SMILES string of the molecule is CN(Cc1ccsc1)C(=O)N[C@H](CC(=O)O)C(=O)O. The fourth-order valence-electron chi connectivity index (χ4n) is 1.36. The van der Waals surface area contributed by atoms with Crippen LogP contribution in [0.5, 0.6) is 0 Å². The molecule has 1 aromatic rings. The first-order valence-corrected chi connectivity index (χ1v) is 6.31. The van der Waals surface area contributed by atoms with Crippen molar-refractivity contribution in [3.63, 3.8) is 0 Å². The van der Waals surface area contributed by atoms with Gasteiger partial charge in [0.25, 0.3) is 0 Å². The average molecular weight is 286 g/mol. The third-order valence-electron chi connectivity index (χ3n) is 2.32. The number of amides is 2. The van der Waals surface area contributed by atoms with Crippen LogP contribution in [0.2, 0.25) is 0 Å². The molecule has 0 aliphatic heterocycles. The van der Waals surface area contributed by atoms with E-state index in [4.69, 9.17) is 10.2 Å². The third-order valence-corrected chi connectivity index (χ3v) is 3.05. The van der Waals surface area contributed by atoms with Gasteiger partial charge in [0.05, 0.1) is 6.42 Å². The highest BCUT2D eigenvalue weighted by atomic mass is 32.1. The maximum absolute atomic E-state index is 11.7. The fourth-order valence-corrected chi connectivity index (χ4v) is 2.02. The van der Waals surface area contributed by atoms with Crippen molar-refractivity contribution in [2.75, 3.05) is 7.05 Å². The largest absolute Gasteiger partial charge is 0.481 e. The van der Waals surface area contributed by atoms with Crippen molar-refractivity contribution >= 4 is 29.3 Å². The van der Waals surface area contributed by atoms with E-state index in [9.17, 15) is 14.4 Å². The molecule has 0 bridgehead atoms. The summed E-state index contributed by atoms with van der Waals surface area (Å²) in [6, 6.07) is -0.213. The second-order valence-electron chi connectivity index (χ2n) is 3.93. The number of carbonyl (C=O) groups is 3. The molecule has 0 unspecified atom stereocenters. The Kier molecular flexibility index (Phi) is 5.31. The summed E-state index contributed by atoms with van der Waals surface area (Å²) in [5, 5.41) is 23.3. The van der Waals surface area contributed by atoms with Gasteiger partial charge in [0.15, 0.2) is 0 Å². The minimum atomic E-state index is -1.44. The van der Waals surface area contributed by atoms with Gasteiger partial charge in [0.2, 0.25) is 0 Å². The summed E-state index contributed by atoms with van der Waals surface area (Å²) >= 11 is 1.49. The molecule has 0 spiro atoms. The number of carboxylic acids is 2. The van der Waals surface area contributed by atoms with Crippen molar-refractivity contribution in [2.45, 2.75) is 19.0 Å². The van der Waals surface area contributed by atoms with Gasteiger partial charge in [-0.15, -0.1) is 0 Å². The number of carboxylic acid groups (broad SMARTS) is 2. The first kappa shape index (κ1) is 15.0. The highest BCUT2D eigenvalue weighted by Gasteiger charge is 2.24. The first-order chi connectivity index (χ1) is 8.90. The van der Waals surface area contributed by atoms with Gasteiger partial charge in [-0.1, -0.05) is 0 Å². The summed E-state index contributed by atoms with van der Waals surface area (Å²) in [5.41, 5.74) is 0.924. The zero-order valence-electron chi connectivity index (χ0n) is 10.2. The number of nitrogens with zero attached hydrogens (tertiary/aromatic N) is 1. The molecule has 0 fully saturated rings. The van der Waals surface area contributed by atoms with E-state index in [2.05, 4.69) is 5.32 Å². The smallest absolute Gasteiger partial charge is 0.326 e. The van der Waals surface area contributed by atoms with Gasteiger partial charge in [-0.25, -0.2) is 9.59 Å². The van der Waals surface area contributed by atoms with Crippen molar-refractivity contribution in [2.24, 2.45) is 0 Å². The molecule has 104 valence electrons. The minimum Gasteiger partial charge on any atom is -0.481 e. The molecule has 1 rings (SSSR count). The van der Waals surface area contributed by atoms with Gasteiger partial charge in [0, 0.05) is 13.6 Å². The summed E-state index contributed by atoms with van der Waals surface area (Å²) in [4.78, 5) is 34.3. The van der Waals surface area contributed by atoms with Crippen LogP contribution in [-0.4, -0.2) is 46.2 Å². The van der Waals surface area contributed by atoms with Crippen LogP contribution in [0.25, 0.3) is 0 Å². The molecule has 1 aromatic heterocycles. The average Bonchev–Trinajstić information content (AvgIpc) is 2.79. The number of carbonyl (C=O) groups excluding carboxylic acids is 1. The Balaban J connectivity index is 2.56. The van der Waals surface area contributed by atoms with Crippen molar-refractivity contribution in [3.8, 4) is 0 Å². The fraction of sp³-hybridized carbons (Fsp3) is 0.364. The molecule has 0 aliphatic carbocycles. The van der Waals surface area contributed by atoms with E-state index >= 15 is 0 Å². The second-order valence-corrected chi connectivity index (χ2v) is 4.71. The number of thiophene rings is 1. The number of urea groups is 1. The van der Waals surface area contributed by atoms with E-state index in [1.165, 1.54) is 23.3 Å². The molecule has 0 radical (unpaired) electrons. The van der Waals surface area contributed by atoms with Crippen molar-refractivity contribution in [3.05, 3.63) is 22.4 Å². The Morgan fingerprint density at radius 1 is 1.42 bits per heavy atom. The Labute approximate surface area is 113 Å². The zero-order valence-corrected chi connectivity index (χ0v) is 11.0. The zero-order chi connectivity index (χ0) is 14.4. The monoisotopic (exact) mass is 286 g/mol. The predicted octanol–water partition coefficient (Wildman–Crippen LogP) is 0.817. The number of aliphatic carboxylic acids is 2. The maximum Gasteiger partial charge on any atom is 0.326 e. The molecule has 2 amide bonds. The summed E-state index contributed by atoms with van der Waals surface area (Å²) < 4.78 is 0. The Morgan fingerprint density at radius 2 is 2.11 bits per heavy atom. The Hall–Kier alpha value is -2.09. The topological polar surface area (TPSA) is 107 Å². The third kappa shape index (κ3) is 4.96. The number of nitrogens with one attached hydrogen (secondary N) is 1. The predicted molar refractivity (Wildman–Crippen MR) is 68.0 cm³/mol. The molecule has 0 saturated heterocycles. The highest BCUT2D eigenvalue weighted by Crippen LogP contribution is 2.08.